The molecular weight excluding hydrogens is 525 g/mol. The van der Waals surface area contributed by atoms with Crippen LogP contribution in [0, 0.1) is 5.82 Å². The van der Waals surface area contributed by atoms with E-state index >= 15 is 8.78 Å². The molecule has 2 amide bonds. The van der Waals surface area contributed by atoms with Crippen molar-refractivity contribution < 1.29 is 50.2 Å². The number of rotatable bonds is 7. The van der Waals surface area contributed by atoms with Crippen molar-refractivity contribution in [2.24, 2.45) is 0 Å². The first-order valence-corrected chi connectivity index (χ1v) is 11.3. The minimum Gasteiger partial charge on any atom is -0.491 e. The van der Waals surface area contributed by atoms with Crippen molar-refractivity contribution >= 4 is 23.1 Å². The van der Waals surface area contributed by atoms with Crippen LogP contribution in [-0.2, 0) is 11.0 Å². The van der Waals surface area contributed by atoms with Gasteiger partial charge < -0.3 is 20.1 Å². The van der Waals surface area contributed by atoms with Gasteiger partial charge in [0.25, 0.3) is 11.8 Å². The highest BCUT2D eigenvalue weighted by Crippen LogP contribution is 2.44. The normalized spacial score (nSPS) is 17.0. The molecule has 0 unspecified atom stereocenters. The van der Waals surface area contributed by atoms with Crippen LogP contribution in [0.3, 0.4) is 0 Å². The zero-order valence-corrected chi connectivity index (χ0v) is 19.9. The Kier molecular flexibility index (Phi) is 8.70. The lowest BCUT2D eigenvalue weighted by Crippen LogP contribution is -2.34. The van der Waals surface area contributed by atoms with E-state index in [1.54, 1.807) is 0 Å². The fourth-order valence-electron chi connectivity index (χ4n) is 3.81. The molecule has 1 atom stereocenters. The molecule has 0 aromatic heterocycles. The Hall–Kier alpha value is -3.61. The van der Waals surface area contributed by atoms with Crippen LogP contribution in [0.2, 0.25) is 0 Å². The minimum atomic E-state index is -5.07. The van der Waals surface area contributed by atoms with Gasteiger partial charge in [-0.3, -0.25) is 9.59 Å². The van der Waals surface area contributed by atoms with Crippen molar-refractivity contribution in [2.45, 2.75) is 31.6 Å². The second kappa shape index (κ2) is 11.4. The van der Waals surface area contributed by atoms with Gasteiger partial charge in [-0.25, -0.2) is 17.6 Å². The van der Waals surface area contributed by atoms with Crippen molar-refractivity contribution in [1.29, 1.82) is 0 Å². The number of alkyl halides is 6. The number of aliphatic hydroxyl groups is 1. The fourth-order valence-corrected chi connectivity index (χ4v) is 3.81. The number of fused-ring (bicyclic) bond motifs is 1. The highest BCUT2D eigenvalue weighted by Gasteiger charge is 2.43. The first-order chi connectivity index (χ1) is 17.7. The number of carbonyl (C=O) groups excluding carboxylic acids is 2. The average Bonchev–Trinajstić information content (AvgIpc) is 2.94. The Bertz CT molecular complexity index is 1230. The number of ether oxygens (including phenoxy) is 1. The van der Waals surface area contributed by atoms with Crippen LogP contribution in [-0.4, -0.2) is 55.3 Å². The molecule has 0 bridgehead atoms. The van der Waals surface area contributed by atoms with Gasteiger partial charge in [-0.1, -0.05) is 0 Å². The summed E-state index contributed by atoms with van der Waals surface area (Å²) in [6.45, 7) is -0.895. The number of nitrogens with one attached hydrogen (secondary N) is 1. The molecular formula is C25H23F7N2O4. The number of carbonyl (C=O) groups is 2. The molecule has 6 nitrogen and oxygen atoms in total. The Morgan fingerprint density at radius 1 is 1.21 bits per heavy atom. The molecule has 2 aromatic rings. The third kappa shape index (κ3) is 6.63. The van der Waals surface area contributed by atoms with E-state index in [0.717, 1.165) is 31.2 Å². The summed E-state index contributed by atoms with van der Waals surface area (Å²) in [5.41, 5.74) is -4.19. The molecule has 0 saturated carbocycles. The van der Waals surface area contributed by atoms with E-state index < -0.39 is 84.3 Å². The number of hydrogen-bond donors (Lipinski definition) is 2. The molecule has 0 fully saturated rings. The first-order valence-electron chi connectivity index (χ1n) is 11.3. The lowest BCUT2D eigenvalue weighted by molar-refractivity contribution is -0.138. The second-order valence-corrected chi connectivity index (χ2v) is 8.44. The van der Waals surface area contributed by atoms with Gasteiger partial charge in [0.2, 0.25) is 5.91 Å². The van der Waals surface area contributed by atoms with E-state index in [0.29, 0.717) is 23.1 Å². The number of hydrogen-bond acceptors (Lipinski definition) is 4. The van der Waals surface area contributed by atoms with Gasteiger partial charge in [0, 0.05) is 36.7 Å². The van der Waals surface area contributed by atoms with Gasteiger partial charge >= 0.3 is 6.18 Å². The zero-order chi connectivity index (χ0) is 28.3. The Balaban J connectivity index is 2.12. The molecule has 3 rings (SSSR count). The second-order valence-electron chi connectivity index (χ2n) is 8.44. The monoisotopic (exact) mass is 548 g/mol. The van der Waals surface area contributed by atoms with Gasteiger partial charge in [0.1, 0.15) is 24.3 Å². The van der Waals surface area contributed by atoms with Crippen LogP contribution >= 0.6 is 0 Å². The van der Waals surface area contributed by atoms with Crippen LogP contribution < -0.4 is 15.0 Å². The molecule has 0 saturated heterocycles. The van der Waals surface area contributed by atoms with Crippen LogP contribution in [0.4, 0.5) is 36.4 Å². The summed E-state index contributed by atoms with van der Waals surface area (Å²) in [6.07, 6.45) is -7.14. The van der Waals surface area contributed by atoms with Crippen molar-refractivity contribution in [3.8, 4) is 5.75 Å². The molecule has 13 heteroatoms. The van der Waals surface area contributed by atoms with Crippen LogP contribution in [0.5, 0.6) is 5.75 Å². The number of nitrogens with zero attached hydrogens (tertiary/aromatic N) is 1. The van der Waals surface area contributed by atoms with E-state index in [-0.39, 0.29) is 18.0 Å². The molecule has 2 aromatic carbocycles. The highest BCUT2D eigenvalue weighted by molar-refractivity contribution is 6.10. The van der Waals surface area contributed by atoms with E-state index in [2.05, 4.69) is 5.32 Å². The fraction of sp³-hybridized carbons (Fsp3) is 0.360. The number of allylic oxidation sites excluding steroid dienone is 1. The van der Waals surface area contributed by atoms with Crippen molar-refractivity contribution in [1.82, 2.24) is 5.32 Å². The third-order valence-electron chi connectivity index (χ3n) is 5.52. The molecule has 0 spiro atoms. The number of benzene rings is 2. The third-order valence-corrected chi connectivity index (χ3v) is 5.52. The number of anilines is 1. The summed E-state index contributed by atoms with van der Waals surface area (Å²) in [5, 5.41) is 11.0. The van der Waals surface area contributed by atoms with Crippen molar-refractivity contribution in [3.63, 3.8) is 0 Å². The predicted molar refractivity (Wildman–Crippen MR) is 123 cm³/mol. The topological polar surface area (TPSA) is 78.9 Å². The van der Waals surface area contributed by atoms with Gasteiger partial charge in [0.05, 0.1) is 23.4 Å². The zero-order valence-electron chi connectivity index (χ0n) is 19.9. The van der Waals surface area contributed by atoms with Gasteiger partial charge in [-0.2, -0.15) is 13.2 Å². The van der Waals surface area contributed by atoms with Crippen molar-refractivity contribution in [3.05, 3.63) is 65.0 Å². The maximum absolute atomic E-state index is 15.1. The Labute approximate surface area is 212 Å². The lowest BCUT2D eigenvalue weighted by Gasteiger charge is -2.25. The van der Waals surface area contributed by atoms with Gasteiger partial charge in [0.15, 0.2) is 0 Å². The summed E-state index contributed by atoms with van der Waals surface area (Å²) >= 11 is 0. The van der Waals surface area contributed by atoms with Crippen LogP contribution in [0.1, 0.15) is 34.8 Å². The summed E-state index contributed by atoms with van der Waals surface area (Å²) in [5.74, 6) is -7.46. The molecule has 206 valence electrons. The van der Waals surface area contributed by atoms with Crippen molar-refractivity contribution in [2.75, 3.05) is 31.2 Å². The predicted octanol–water partition coefficient (Wildman–Crippen LogP) is 4.76. The number of amides is 2. The van der Waals surface area contributed by atoms with E-state index in [9.17, 15) is 31.5 Å². The summed E-state index contributed by atoms with van der Waals surface area (Å²) in [4.78, 5) is 26.2. The molecule has 1 aliphatic heterocycles. The molecule has 0 aliphatic carbocycles. The van der Waals surface area contributed by atoms with Gasteiger partial charge in [-0.05, 0) is 43.3 Å². The number of halogens is 7. The lowest BCUT2D eigenvalue weighted by atomic mass is 9.96. The molecule has 1 aliphatic rings. The molecule has 38 heavy (non-hydrogen) atoms. The number of aliphatic hydroxyl groups excluding tert-OH is 1. The smallest absolute Gasteiger partial charge is 0.417 e. The molecule has 0 radical (unpaired) electrons. The van der Waals surface area contributed by atoms with Gasteiger partial charge in [-0.15, -0.1) is 0 Å². The van der Waals surface area contributed by atoms with Crippen LogP contribution in [0.15, 0.2) is 42.5 Å². The minimum absolute atomic E-state index is 0.251. The van der Waals surface area contributed by atoms with E-state index in [1.165, 1.54) is 0 Å². The van der Waals surface area contributed by atoms with Crippen LogP contribution in [0.25, 0.3) is 5.57 Å². The Morgan fingerprint density at radius 3 is 2.55 bits per heavy atom. The Morgan fingerprint density at radius 2 is 1.92 bits per heavy atom. The first kappa shape index (κ1) is 29.0. The maximum atomic E-state index is 15.1. The SMILES string of the molecule is C[C@H](F)COc1ccc(C(=O)N2CCC(F)(F)/C(=C\C(=O)NCCO)c3cc(F)ccc32)c(C(F)(F)F)c1. The maximum Gasteiger partial charge on any atom is 0.417 e. The summed E-state index contributed by atoms with van der Waals surface area (Å²) in [7, 11) is 0. The van der Waals surface area contributed by atoms with E-state index in [1.807, 2.05) is 0 Å². The standard InChI is InChI=1S/C25H23F7N2O4/c1-14(26)13-38-16-3-4-17(20(11-16)25(30,31)32)23(37)34-8-6-24(28,29)19(12-22(36)33-7-9-35)18-10-15(27)2-5-21(18)34/h2-5,10-12,14,35H,6-9,13H2,1H3,(H,33,36)/b19-12-/t14-/m0/s1. The average molecular weight is 548 g/mol. The quantitative estimate of drug-likeness (QED) is 0.387. The molecule has 1 heterocycles. The summed E-state index contributed by atoms with van der Waals surface area (Å²) < 4.78 is 104. The highest BCUT2D eigenvalue weighted by atomic mass is 19.4. The largest absolute Gasteiger partial charge is 0.491 e. The summed E-state index contributed by atoms with van der Waals surface area (Å²) in [6, 6.07) is 4.75. The molecule has 2 N–H and O–H groups in total. The van der Waals surface area contributed by atoms with E-state index in [4.69, 9.17) is 9.84 Å².